The molecular formula is C15H19NO2. The Bertz CT molecular complexity index is 406. The largest absolute Gasteiger partial charge is 0.396 e. The Kier molecular flexibility index (Phi) is 4.53. The normalized spacial score (nSPS) is 16.7. The van der Waals surface area contributed by atoms with Crippen molar-refractivity contribution in [2.45, 2.75) is 18.8 Å². The lowest BCUT2D eigenvalue weighted by Crippen LogP contribution is -2.33. The van der Waals surface area contributed by atoms with Crippen molar-refractivity contribution < 1.29 is 9.90 Å². The van der Waals surface area contributed by atoms with Gasteiger partial charge in [0.05, 0.1) is 6.61 Å². The summed E-state index contributed by atoms with van der Waals surface area (Å²) in [4.78, 5) is 11.9. The Hall–Kier alpha value is -1.61. The van der Waals surface area contributed by atoms with E-state index in [4.69, 9.17) is 0 Å². The maximum Gasteiger partial charge on any atom is 0.223 e. The standard InChI is InChI=1S/C15H19NO2/c17-11-14(12-6-2-1-3-7-12)10-16-15(18)13-8-4-5-9-13/h1-7,13-14,17H,8-11H2,(H,16,18). The first-order chi connectivity index (χ1) is 8.81. The zero-order valence-electron chi connectivity index (χ0n) is 10.4. The lowest BCUT2D eigenvalue weighted by atomic mass is 9.99. The van der Waals surface area contributed by atoms with E-state index in [1.165, 1.54) is 0 Å². The summed E-state index contributed by atoms with van der Waals surface area (Å²) in [5.74, 6) is 0.152. The Balaban J connectivity index is 1.86. The van der Waals surface area contributed by atoms with Crippen LogP contribution in [0.1, 0.15) is 24.3 Å². The first kappa shape index (κ1) is 12.8. The minimum Gasteiger partial charge on any atom is -0.396 e. The number of rotatable bonds is 5. The third kappa shape index (κ3) is 3.20. The minimum atomic E-state index is -0.0236. The highest BCUT2D eigenvalue weighted by atomic mass is 16.3. The highest BCUT2D eigenvalue weighted by Crippen LogP contribution is 2.18. The monoisotopic (exact) mass is 245 g/mol. The van der Waals surface area contributed by atoms with Crippen LogP contribution in [0.5, 0.6) is 0 Å². The van der Waals surface area contributed by atoms with Crippen molar-refractivity contribution in [2.24, 2.45) is 5.92 Å². The van der Waals surface area contributed by atoms with Gasteiger partial charge in [0.25, 0.3) is 0 Å². The number of carbonyl (C=O) groups is 1. The molecule has 1 unspecified atom stereocenters. The fourth-order valence-corrected chi connectivity index (χ4v) is 2.21. The molecule has 1 aromatic carbocycles. The number of benzene rings is 1. The van der Waals surface area contributed by atoms with Crippen LogP contribution in [-0.4, -0.2) is 24.2 Å². The number of aliphatic hydroxyl groups excluding tert-OH is 1. The van der Waals surface area contributed by atoms with Crippen molar-refractivity contribution in [3.8, 4) is 0 Å². The number of nitrogens with one attached hydrogen (secondary N) is 1. The van der Waals surface area contributed by atoms with Crippen LogP contribution in [0.4, 0.5) is 0 Å². The second-order valence-corrected chi connectivity index (χ2v) is 4.68. The molecule has 3 heteroatoms. The Morgan fingerprint density at radius 1 is 1.28 bits per heavy atom. The molecule has 1 aliphatic rings. The van der Waals surface area contributed by atoms with E-state index in [1.54, 1.807) is 0 Å². The summed E-state index contributed by atoms with van der Waals surface area (Å²) in [7, 11) is 0. The molecule has 3 nitrogen and oxygen atoms in total. The number of hydrogen-bond donors (Lipinski definition) is 2. The molecule has 1 amide bonds. The molecule has 1 aromatic rings. The van der Waals surface area contributed by atoms with E-state index in [1.807, 2.05) is 42.5 Å². The van der Waals surface area contributed by atoms with Gasteiger partial charge >= 0.3 is 0 Å². The van der Waals surface area contributed by atoms with Crippen molar-refractivity contribution in [1.82, 2.24) is 5.32 Å². The van der Waals surface area contributed by atoms with E-state index in [0.717, 1.165) is 18.4 Å². The highest BCUT2D eigenvalue weighted by molar-refractivity contribution is 5.79. The summed E-state index contributed by atoms with van der Waals surface area (Å²) in [6.45, 7) is 0.545. The molecule has 0 saturated heterocycles. The van der Waals surface area contributed by atoms with Crippen molar-refractivity contribution >= 4 is 5.91 Å². The van der Waals surface area contributed by atoms with Gasteiger partial charge in [-0.05, 0) is 18.4 Å². The van der Waals surface area contributed by atoms with Crippen LogP contribution < -0.4 is 5.32 Å². The molecule has 0 fully saturated rings. The molecule has 0 radical (unpaired) electrons. The summed E-state index contributed by atoms with van der Waals surface area (Å²) in [6.07, 6.45) is 5.76. The van der Waals surface area contributed by atoms with Gasteiger partial charge < -0.3 is 10.4 Å². The van der Waals surface area contributed by atoms with Gasteiger partial charge in [0.2, 0.25) is 5.91 Å². The quantitative estimate of drug-likeness (QED) is 0.778. The van der Waals surface area contributed by atoms with E-state index in [2.05, 4.69) is 5.32 Å². The first-order valence-electron chi connectivity index (χ1n) is 6.39. The van der Waals surface area contributed by atoms with Crippen molar-refractivity contribution in [3.63, 3.8) is 0 Å². The number of carbonyl (C=O) groups excluding carboxylic acids is 1. The van der Waals surface area contributed by atoms with Crippen LogP contribution in [0.15, 0.2) is 42.5 Å². The van der Waals surface area contributed by atoms with Gasteiger partial charge in [0, 0.05) is 18.4 Å². The van der Waals surface area contributed by atoms with E-state index in [0.29, 0.717) is 6.54 Å². The molecule has 0 heterocycles. The van der Waals surface area contributed by atoms with Gasteiger partial charge in [-0.15, -0.1) is 0 Å². The van der Waals surface area contributed by atoms with Gasteiger partial charge in [0.15, 0.2) is 0 Å². The van der Waals surface area contributed by atoms with Crippen LogP contribution in [0.3, 0.4) is 0 Å². The Morgan fingerprint density at radius 2 is 1.94 bits per heavy atom. The maximum absolute atomic E-state index is 11.9. The summed E-state index contributed by atoms with van der Waals surface area (Å²) in [5.41, 5.74) is 1.06. The number of allylic oxidation sites excluding steroid dienone is 2. The number of hydrogen-bond acceptors (Lipinski definition) is 2. The van der Waals surface area contributed by atoms with Gasteiger partial charge in [-0.3, -0.25) is 4.79 Å². The molecule has 0 spiro atoms. The molecule has 0 saturated carbocycles. The van der Waals surface area contributed by atoms with E-state index >= 15 is 0 Å². The van der Waals surface area contributed by atoms with Gasteiger partial charge in [-0.25, -0.2) is 0 Å². The first-order valence-corrected chi connectivity index (χ1v) is 6.39. The molecule has 2 rings (SSSR count). The lowest BCUT2D eigenvalue weighted by molar-refractivity contribution is -0.124. The summed E-state index contributed by atoms with van der Waals surface area (Å²) in [5, 5.41) is 12.3. The third-order valence-electron chi connectivity index (χ3n) is 3.39. The zero-order valence-corrected chi connectivity index (χ0v) is 10.4. The molecule has 18 heavy (non-hydrogen) atoms. The van der Waals surface area contributed by atoms with E-state index < -0.39 is 0 Å². The van der Waals surface area contributed by atoms with Crippen LogP contribution >= 0.6 is 0 Å². The molecule has 96 valence electrons. The predicted molar refractivity (Wildman–Crippen MR) is 71.1 cm³/mol. The van der Waals surface area contributed by atoms with E-state index in [-0.39, 0.29) is 24.3 Å². The van der Waals surface area contributed by atoms with Crippen LogP contribution in [0.2, 0.25) is 0 Å². The lowest BCUT2D eigenvalue weighted by Gasteiger charge is -2.17. The average Bonchev–Trinajstić information content (AvgIpc) is 2.94. The van der Waals surface area contributed by atoms with Crippen LogP contribution in [0.25, 0.3) is 0 Å². The fourth-order valence-electron chi connectivity index (χ4n) is 2.21. The Labute approximate surface area is 108 Å². The second-order valence-electron chi connectivity index (χ2n) is 4.68. The van der Waals surface area contributed by atoms with Crippen molar-refractivity contribution in [1.29, 1.82) is 0 Å². The fraction of sp³-hybridized carbons (Fsp3) is 0.400. The summed E-state index contributed by atoms with van der Waals surface area (Å²) >= 11 is 0. The minimum absolute atomic E-state index is 0.0236. The van der Waals surface area contributed by atoms with Gasteiger partial charge in [0.1, 0.15) is 0 Å². The average molecular weight is 245 g/mol. The third-order valence-corrected chi connectivity index (χ3v) is 3.39. The molecular weight excluding hydrogens is 226 g/mol. The molecule has 2 N–H and O–H groups in total. The Morgan fingerprint density at radius 3 is 2.56 bits per heavy atom. The maximum atomic E-state index is 11.9. The smallest absolute Gasteiger partial charge is 0.223 e. The predicted octanol–water partition coefficient (Wildman–Crippen LogP) is 1.84. The SMILES string of the molecule is O=C(NCC(CO)c1ccccc1)C1CC=CC1. The summed E-state index contributed by atoms with van der Waals surface area (Å²) in [6, 6.07) is 9.79. The zero-order chi connectivity index (χ0) is 12.8. The van der Waals surface area contributed by atoms with Crippen molar-refractivity contribution in [2.75, 3.05) is 13.2 Å². The van der Waals surface area contributed by atoms with Crippen LogP contribution in [-0.2, 0) is 4.79 Å². The van der Waals surface area contributed by atoms with Gasteiger partial charge in [-0.1, -0.05) is 42.5 Å². The number of amides is 1. The van der Waals surface area contributed by atoms with Gasteiger partial charge in [-0.2, -0.15) is 0 Å². The molecule has 1 atom stereocenters. The molecule has 1 aliphatic carbocycles. The highest BCUT2D eigenvalue weighted by Gasteiger charge is 2.20. The van der Waals surface area contributed by atoms with Crippen molar-refractivity contribution in [3.05, 3.63) is 48.0 Å². The second kappa shape index (κ2) is 6.36. The molecule has 0 aliphatic heterocycles. The summed E-state index contributed by atoms with van der Waals surface area (Å²) < 4.78 is 0. The molecule has 0 bridgehead atoms. The number of aliphatic hydroxyl groups is 1. The van der Waals surface area contributed by atoms with Crippen LogP contribution in [0, 0.1) is 5.92 Å². The van der Waals surface area contributed by atoms with E-state index in [9.17, 15) is 9.90 Å². The topological polar surface area (TPSA) is 49.3 Å². The molecule has 0 aromatic heterocycles.